The maximum Gasteiger partial charge on any atom is 0.313 e. The first-order valence-electron chi connectivity index (χ1n) is 6.63. The monoisotopic (exact) mass is 288 g/mol. The van der Waals surface area contributed by atoms with Crippen LogP contribution < -0.4 is 0 Å². The molecule has 1 aliphatic rings. The summed E-state index contributed by atoms with van der Waals surface area (Å²) < 4.78 is 2.20. The van der Waals surface area contributed by atoms with Crippen LogP contribution in [0.2, 0.25) is 0 Å². The van der Waals surface area contributed by atoms with Crippen LogP contribution in [0.15, 0.2) is 35.5 Å². The third-order valence-corrected chi connectivity index (χ3v) is 4.42. The van der Waals surface area contributed by atoms with Gasteiger partial charge in [0.25, 0.3) is 0 Å². The minimum atomic E-state index is -0.811. The Morgan fingerprint density at radius 2 is 2.20 bits per heavy atom. The number of carboxylic acids is 1. The van der Waals surface area contributed by atoms with Crippen molar-refractivity contribution in [1.82, 2.24) is 9.55 Å². The highest BCUT2D eigenvalue weighted by atomic mass is 32.2. The molecule has 1 N–H and O–H groups in total. The van der Waals surface area contributed by atoms with Crippen molar-refractivity contribution in [3.05, 3.63) is 35.9 Å². The van der Waals surface area contributed by atoms with Crippen molar-refractivity contribution in [2.24, 2.45) is 0 Å². The SMILES string of the molecule is Cc1ccc2c(c1)nc(SCC(=O)O)n2C1CC=CC1. The Kier molecular flexibility index (Phi) is 3.53. The number of carboxylic acid groups (broad SMARTS) is 1. The van der Waals surface area contributed by atoms with Crippen molar-refractivity contribution in [2.45, 2.75) is 31.0 Å². The van der Waals surface area contributed by atoms with Gasteiger partial charge >= 0.3 is 5.97 Å². The summed E-state index contributed by atoms with van der Waals surface area (Å²) in [5.74, 6) is -0.767. The van der Waals surface area contributed by atoms with E-state index in [2.05, 4.69) is 39.9 Å². The van der Waals surface area contributed by atoms with E-state index in [-0.39, 0.29) is 5.75 Å². The van der Waals surface area contributed by atoms with Gasteiger partial charge in [-0.05, 0) is 37.5 Å². The predicted octanol–water partition coefficient (Wildman–Crippen LogP) is 3.41. The van der Waals surface area contributed by atoms with Crippen LogP contribution in [0.4, 0.5) is 0 Å². The number of aryl methyl sites for hydroxylation is 1. The van der Waals surface area contributed by atoms with Crippen LogP contribution in [-0.2, 0) is 4.79 Å². The van der Waals surface area contributed by atoms with Gasteiger partial charge in [0.2, 0.25) is 0 Å². The molecule has 0 radical (unpaired) electrons. The van der Waals surface area contributed by atoms with Crippen LogP contribution in [0.25, 0.3) is 11.0 Å². The first-order chi connectivity index (χ1) is 9.65. The van der Waals surface area contributed by atoms with E-state index >= 15 is 0 Å². The number of carbonyl (C=O) groups is 1. The molecule has 4 nitrogen and oxygen atoms in total. The number of rotatable bonds is 4. The number of hydrogen-bond donors (Lipinski definition) is 1. The Labute approximate surface area is 121 Å². The summed E-state index contributed by atoms with van der Waals surface area (Å²) in [5, 5.41) is 9.69. The lowest BCUT2D eigenvalue weighted by molar-refractivity contribution is -0.133. The number of imidazole rings is 1. The maximum absolute atomic E-state index is 10.8. The van der Waals surface area contributed by atoms with Crippen LogP contribution >= 0.6 is 11.8 Å². The second kappa shape index (κ2) is 5.32. The van der Waals surface area contributed by atoms with Gasteiger partial charge in [-0.25, -0.2) is 4.98 Å². The van der Waals surface area contributed by atoms with Gasteiger partial charge in [-0.15, -0.1) is 0 Å². The summed E-state index contributed by atoms with van der Waals surface area (Å²) in [4.78, 5) is 15.4. The van der Waals surface area contributed by atoms with E-state index in [0.29, 0.717) is 6.04 Å². The van der Waals surface area contributed by atoms with Crippen molar-refractivity contribution in [3.63, 3.8) is 0 Å². The van der Waals surface area contributed by atoms with E-state index in [0.717, 1.165) is 29.0 Å². The highest BCUT2D eigenvalue weighted by Gasteiger charge is 2.20. The lowest BCUT2D eigenvalue weighted by Gasteiger charge is -2.15. The van der Waals surface area contributed by atoms with E-state index in [4.69, 9.17) is 5.11 Å². The molecule has 0 saturated heterocycles. The summed E-state index contributed by atoms with van der Waals surface area (Å²) in [7, 11) is 0. The van der Waals surface area contributed by atoms with E-state index in [1.807, 2.05) is 6.92 Å². The number of aromatic nitrogens is 2. The maximum atomic E-state index is 10.8. The molecule has 0 saturated carbocycles. The Bertz CT molecular complexity index is 682. The predicted molar refractivity (Wildman–Crippen MR) is 80.2 cm³/mol. The quantitative estimate of drug-likeness (QED) is 0.692. The molecular formula is C15H16N2O2S. The van der Waals surface area contributed by atoms with E-state index in [1.165, 1.54) is 17.3 Å². The third kappa shape index (κ3) is 2.45. The minimum Gasteiger partial charge on any atom is -0.481 e. The number of allylic oxidation sites excluding steroid dienone is 2. The summed E-state index contributed by atoms with van der Waals surface area (Å²) in [6, 6.07) is 6.58. The zero-order valence-corrected chi connectivity index (χ0v) is 12.1. The normalized spacial score (nSPS) is 15.2. The molecule has 0 fully saturated rings. The van der Waals surface area contributed by atoms with Gasteiger partial charge in [0.1, 0.15) is 0 Å². The smallest absolute Gasteiger partial charge is 0.313 e. The second-order valence-electron chi connectivity index (χ2n) is 5.04. The van der Waals surface area contributed by atoms with Crippen LogP contribution in [0.1, 0.15) is 24.4 Å². The van der Waals surface area contributed by atoms with Crippen molar-refractivity contribution in [2.75, 3.05) is 5.75 Å². The number of thioether (sulfide) groups is 1. The Morgan fingerprint density at radius 3 is 2.90 bits per heavy atom. The number of fused-ring (bicyclic) bond motifs is 1. The molecule has 0 amide bonds. The molecule has 0 bridgehead atoms. The van der Waals surface area contributed by atoms with Crippen molar-refractivity contribution in [1.29, 1.82) is 0 Å². The van der Waals surface area contributed by atoms with Gasteiger partial charge < -0.3 is 9.67 Å². The van der Waals surface area contributed by atoms with Gasteiger partial charge in [-0.2, -0.15) is 0 Å². The molecule has 3 rings (SSSR count). The van der Waals surface area contributed by atoms with Gasteiger partial charge in [0.15, 0.2) is 5.16 Å². The number of nitrogens with zero attached hydrogens (tertiary/aromatic N) is 2. The summed E-state index contributed by atoms with van der Waals surface area (Å²) in [5.41, 5.74) is 3.21. The van der Waals surface area contributed by atoms with E-state index in [1.54, 1.807) is 0 Å². The molecular weight excluding hydrogens is 272 g/mol. The molecule has 20 heavy (non-hydrogen) atoms. The highest BCUT2D eigenvalue weighted by molar-refractivity contribution is 7.99. The lowest BCUT2D eigenvalue weighted by atomic mass is 10.2. The van der Waals surface area contributed by atoms with Crippen LogP contribution in [0.5, 0.6) is 0 Å². The fourth-order valence-corrected chi connectivity index (χ4v) is 3.38. The zero-order valence-electron chi connectivity index (χ0n) is 11.2. The highest BCUT2D eigenvalue weighted by Crippen LogP contribution is 2.33. The molecule has 2 aromatic rings. The summed E-state index contributed by atoms with van der Waals surface area (Å²) in [6.45, 7) is 2.04. The number of benzene rings is 1. The standard InChI is InChI=1S/C15H16N2O2S/c1-10-6-7-13-12(8-10)16-15(20-9-14(18)19)17(13)11-4-2-3-5-11/h2-3,6-8,11H,4-5,9H2,1H3,(H,18,19). The second-order valence-corrected chi connectivity index (χ2v) is 5.98. The first kappa shape index (κ1) is 13.2. The third-order valence-electron chi connectivity index (χ3n) is 3.49. The van der Waals surface area contributed by atoms with Gasteiger partial charge in [0.05, 0.1) is 16.8 Å². The average molecular weight is 288 g/mol. The average Bonchev–Trinajstić information content (AvgIpc) is 3.01. The largest absolute Gasteiger partial charge is 0.481 e. The molecule has 5 heteroatoms. The Balaban J connectivity index is 2.06. The summed E-state index contributed by atoms with van der Waals surface area (Å²) in [6.07, 6.45) is 6.33. The molecule has 0 unspecified atom stereocenters. The molecule has 1 aromatic heterocycles. The van der Waals surface area contributed by atoms with Crippen molar-refractivity contribution in [3.8, 4) is 0 Å². The topological polar surface area (TPSA) is 55.1 Å². The van der Waals surface area contributed by atoms with E-state index in [9.17, 15) is 4.79 Å². The fourth-order valence-electron chi connectivity index (χ4n) is 2.58. The van der Waals surface area contributed by atoms with Crippen LogP contribution in [0.3, 0.4) is 0 Å². The first-order valence-corrected chi connectivity index (χ1v) is 7.62. The molecule has 0 atom stereocenters. The molecule has 1 heterocycles. The minimum absolute atomic E-state index is 0.0441. The van der Waals surface area contributed by atoms with Crippen LogP contribution in [-0.4, -0.2) is 26.4 Å². The molecule has 1 aromatic carbocycles. The van der Waals surface area contributed by atoms with Crippen molar-refractivity contribution < 1.29 is 9.90 Å². The fraction of sp³-hybridized carbons (Fsp3) is 0.333. The van der Waals surface area contributed by atoms with Gasteiger partial charge in [-0.1, -0.05) is 30.0 Å². The van der Waals surface area contributed by atoms with E-state index < -0.39 is 5.97 Å². The molecule has 0 spiro atoms. The van der Waals surface area contributed by atoms with Gasteiger partial charge in [-0.3, -0.25) is 4.79 Å². The zero-order chi connectivity index (χ0) is 14.1. The summed E-state index contributed by atoms with van der Waals surface area (Å²) >= 11 is 1.30. The Morgan fingerprint density at radius 1 is 1.45 bits per heavy atom. The molecule has 104 valence electrons. The number of hydrogen-bond acceptors (Lipinski definition) is 3. The lowest BCUT2D eigenvalue weighted by Crippen LogP contribution is -2.08. The van der Waals surface area contributed by atoms with Gasteiger partial charge in [0, 0.05) is 6.04 Å². The van der Waals surface area contributed by atoms with Crippen molar-refractivity contribution >= 4 is 28.8 Å². The Hall–Kier alpha value is -1.75. The molecule has 0 aliphatic heterocycles. The van der Waals surface area contributed by atoms with Crippen LogP contribution in [0, 0.1) is 6.92 Å². The molecule has 1 aliphatic carbocycles. The number of aliphatic carboxylic acids is 1.